The first-order valence-electron chi connectivity index (χ1n) is 10.6. The van der Waals surface area contributed by atoms with Gasteiger partial charge < -0.3 is 9.88 Å². The molecule has 5 rings (SSSR count). The number of aryl methyl sites for hydroxylation is 3. The Kier molecular flexibility index (Phi) is 5.30. The molecule has 32 heavy (non-hydrogen) atoms. The van der Waals surface area contributed by atoms with Crippen molar-refractivity contribution in [3.05, 3.63) is 75.7 Å². The highest BCUT2D eigenvalue weighted by molar-refractivity contribution is 7.99. The van der Waals surface area contributed by atoms with E-state index in [9.17, 15) is 9.59 Å². The fourth-order valence-corrected chi connectivity index (χ4v) is 4.75. The van der Waals surface area contributed by atoms with Crippen LogP contribution in [-0.2, 0) is 11.2 Å². The maximum atomic E-state index is 13.0. The molecule has 8 heteroatoms. The van der Waals surface area contributed by atoms with Gasteiger partial charge in [0.25, 0.3) is 5.56 Å². The van der Waals surface area contributed by atoms with Gasteiger partial charge in [-0.15, -0.1) is 0 Å². The van der Waals surface area contributed by atoms with Crippen LogP contribution in [0.1, 0.15) is 23.1 Å². The summed E-state index contributed by atoms with van der Waals surface area (Å²) >= 11 is 1.24. The number of rotatable bonds is 4. The van der Waals surface area contributed by atoms with Crippen LogP contribution in [0.15, 0.2) is 58.6 Å². The van der Waals surface area contributed by atoms with Crippen molar-refractivity contribution in [3.63, 3.8) is 0 Å². The Morgan fingerprint density at radius 2 is 2.00 bits per heavy atom. The Balaban J connectivity index is 1.41. The van der Waals surface area contributed by atoms with Gasteiger partial charge in [-0.1, -0.05) is 36.0 Å². The van der Waals surface area contributed by atoms with Gasteiger partial charge in [0.2, 0.25) is 5.91 Å². The zero-order valence-corrected chi connectivity index (χ0v) is 18.8. The number of nitrogens with zero attached hydrogens (tertiary/aromatic N) is 4. The predicted molar refractivity (Wildman–Crippen MR) is 127 cm³/mol. The van der Waals surface area contributed by atoms with Crippen LogP contribution in [0.5, 0.6) is 0 Å². The number of nitrogens with one attached hydrogen (secondary N) is 1. The summed E-state index contributed by atoms with van der Waals surface area (Å²) in [4.78, 5) is 34.8. The number of H-pyrrole nitrogens is 1. The molecule has 1 N–H and O–H groups in total. The minimum absolute atomic E-state index is 0.00700. The van der Waals surface area contributed by atoms with Crippen molar-refractivity contribution in [2.24, 2.45) is 0 Å². The molecule has 0 atom stereocenters. The second kappa shape index (κ2) is 8.27. The number of thioether (sulfide) groups is 1. The van der Waals surface area contributed by atoms with Crippen LogP contribution in [0.3, 0.4) is 0 Å². The third-order valence-electron chi connectivity index (χ3n) is 5.90. The van der Waals surface area contributed by atoms with Gasteiger partial charge in [0.05, 0.1) is 17.6 Å². The maximum absolute atomic E-state index is 13.0. The first kappa shape index (κ1) is 20.5. The van der Waals surface area contributed by atoms with Crippen molar-refractivity contribution in [2.75, 3.05) is 17.2 Å². The zero-order valence-electron chi connectivity index (χ0n) is 18.0. The van der Waals surface area contributed by atoms with E-state index in [0.717, 1.165) is 29.8 Å². The van der Waals surface area contributed by atoms with Crippen molar-refractivity contribution in [2.45, 2.75) is 31.8 Å². The average Bonchev–Trinajstić information content (AvgIpc) is 3.23. The summed E-state index contributed by atoms with van der Waals surface area (Å²) in [5, 5.41) is 5.21. The van der Waals surface area contributed by atoms with E-state index >= 15 is 0 Å². The van der Waals surface area contributed by atoms with E-state index in [4.69, 9.17) is 0 Å². The number of amides is 1. The lowest BCUT2D eigenvalue weighted by molar-refractivity contribution is -0.116. The second-order valence-electron chi connectivity index (χ2n) is 8.00. The molecule has 0 saturated carbocycles. The number of para-hydroxylation sites is 1. The highest BCUT2D eigenvalue weighted by Crippen LogP contribution is 2.28. The number of aromatic amines is 1. The number of benzene rings is 2. The van der Waals surface area contributed by atoms with E-state index in [1.54, 1.807) is 4.68 Å². The first-order valence-corrected chi connectivity index (χ1v) is 11.6. The van der Waals surface area contributed by atoms with Crippen LogP contribution in [0.4, 0.5) is 5.69 Å². The summed E-state index contributed by atoms with van der Waals surface area (Å²) in [5.41, 5.74) is 5.57. The second-order valence-corrected chi connectivity index (χ2v) is 8.96. The highest BCUT2D eigenvalue weighted by atomic mass is 32.2. The largest absolute Gasteiger partial charge is 0.311 e. The number of fused-ring (bicyclic) bond motifs is 2. The molecular weight excluding hydrogens is 422 g/mol. The number of carbonyl (C=O) groups excluding carboxylic acids is 1. The molecule has 2 aromatic carbocycles. The Morgan fingerprint density at radius 1 is 1.16 bits per heavy atom. The molecule has 0 saturated heterocycles. The zero-order chi connectivity index (χ0) is 22.2. The molecule has 0 spiro atoms. The third-order valence-corrected chi connectivity index (χ3v) is 6.75. The molecule has 1 aliphatic rings. The number of hydrogen-bond donors (Lipinski definition) is 1. The molecule has 0 bridgehead atoms. The molecular formula is C24H23N5O2S. The molecule has 0 unspecified atom stereocenters. The number of aromatic nitrogens is 4. The van der Waals surface area contributed by atoms with E-state index in [2.05, 4.69) is 28.1 Å². The van der Waals surface area contributed by atoms with Crippen molar-refractivity contribution >= 4 is 34.4 Å². The van der Waals surface area contributed by atoms with Gasteiger partial charge in [-0.2, -0.15) is 5.10 Å². The summed E-state index contributed by atoms with van der Waals surface area (Å²) in [6.45, 7) is 4.80. The van der Waals surface area contributed by atoms with Gasteiger partial charge in [-0.3, -0.25) is 9.59 Å². The Morgan fingerprint density at radius 3 is 2.84 bits per heavy atom. The van der Waals surface area contributed by atoms with Crippen molar-refractivity contribution in [1.82, 2.24) is 19.7 Å². The molecule has 0 aliphatic carbocycles. The maximum Gasteiger partial charge on any atom is 0.262 e. The molecule has 2 aromatic heterocycles. The Labute approximate surface area is 189 Å². The molecule has 0 radical (unpaired) electrons. The molecule has 1 aliphatic heterocycles. The minimum Gasteiger partial charge on any atom is -0.311 e. The van der Waals surface area contributed by atoms with E-state index in [1.165, 1.54) is 29.1 Å². The summed E-state index contributed by atoms with van der Waals surface area (Å²) in [6, 6.07) is 14.0. The lowest BCUT2D eigenvalue weighted by Crippen LogP contribution is -2.36. The summed E-state index contributed by atoms with van der Waals surface area (Å²) in [7, 11) is 0. The lowest BCUT2D eigenvalue weighted by Gasteiger charge is -2.29. The molecule has 162 valence electrons. The van der Waals surface area contributed by atoms with Crippen molar-refractivity contribution in [3.8, 4) is 5.69 Å². The van der Waals surface area contributed by atoms with Gasteiger partial charge >= 0.3 is 0 Å². The molecule has 1 amide bonds. The van der Waals surface area contributed by atoms with Gasteiger partial charge in [-0.25, -0.2) is 9.67 Å². The van der Waals surface area contributed by atoms with Gasteiger partial charge in [0.1, 0.15) is 5.39 Å². The minimum atomic E-state index is -0.261. The third kappa shape index (κ3) is 3.71. The van der Waals surface area contributed by atoms with Crippen LogP contribution in [0.25, 0.3) is 16.7 Å². The number of anilines is 1. The molecule has 3 heterocycles. The van der Waals surface area contributed by atoms with E-state index < -0.39 is 0 Å². The van der Waals surface area contributed by atoms with E-state index in [1.807, 2.05) is 48.2 Å². The molecule has 4 aromatic rings. The van der Waals surface area contributed by atoms with Gasteiger partial charge in [0, 0.05) is 12.2 Å². The monoisotopic (exact) mass is 445 g/mol. The standard InChI is InChI=1S/C24H23N5O2S/c1-15-9-10-18(12-16(15)2)29-22-19(13-25-29)23(31)27-24(26-22)32-14-21(30)28-11-5-7-17-6-3-4-8-20(17)28/h3-4,6,8-10,12-13H,5,7,11,14H2,1-2H3,(H,26,27,31). The quantitative estimate of drug-likeness (QED) is 0.382. The van der Waals surface area contributed by atoms with Crippen LogP contribution < -0.4 is 10.5 Å². The first-order chi connectivity index (χ1) is 15.5. The van der Waals surface area contributed by atoms with Gasteiger partial charge in [-0.05, 0) is 61.6 Å². The number of hydrogen-bond acceptors (Lipinski definition) is 5. The van der Waals surface area contributed by atoms with E-state index in [-0.39, 0.29) is 17.2 Å². The predicted octanol–water partition coefficient (Wildman–Crippen LogP) is 3.80. The topological polar surface area (TPSA) is 83.9 Å². The SMILES string of the molecule is Cc1ccc(-n2ncc3c(=O)[nH]c(SCC(=O)N4CCCc5ccccc54)nc32)cc1C. The Bertz CT molecular complexity index is 1390. The van der Waals surface area contributed by atoms with Crippen LogP contribution in [0, 0.1) is 13.8 Å². The van der Waals surface area contributed by atoms with Crippen LogP contribution in [0.2, 0.25) is 0 Å². The normalized spacial score (nSPS) is 13.4. The van der Waals surface area contributed by atoms with Crippen LogP contribution in [-0.4, -0.2) is 38.0 Å². The van der Waals surface area contributed by atoms with E-state index in [0.29, 0.717) is 22.7 Å². The smallest absolute Gasteiger partial charge is 0.262 e. The average molecular weight is 446 g/mol. The highest BCUT2D eigenvalue weighted by Gasteiger charge is 2.22. The summed E-state index contributed by atoms with van der Waals surface area (Å²) < 4.78 is 1.67. The lowest BCUT2D eigenvalue weighted by atomic mass is 10.0. The molecule has 7 nitrogen and oxygen atoms in total. The Hall–Kier alpha value is -3.39. The summed E-state index contributed by atoms with van der Waals surface area (Å²) in [6.07, 6.45) is 3.46. The van der Waals surface area contributed by atoms with Gasteiger partial charge in [0.15, 0.2) is 10.8 Å². The van der Waals surface area contributed by atoms with Crippen molar-refractivity contribution < 1.29 is 4.79 Å². The fourth-order valence-electron chi connectivity index (χ4n) is 4.01. The number of carbonyl (C=O) groups is 1. The summed E-state index contributed by atoms with van der Waals surface area (Å²) in [5.74, 6) is 0.202. The fraction of sp³-hybridized carbons (Fsp3) is 0.250. The van der Waals surface area contributed by atoms with Crippen molar-refractivity contribution in [1.29, 1.82) is 0 Å². The van der Waals surface area contributed by atoms with Crippen LogP contribution >= 0.6 is 11.8 Å². The molecule has 0 fully saturated rings.